The first kappa shape index (κ1) is 16.1. The van der Waals surface area contributed by atoms with E-state index in [1.54, 1.807) is 5.51 Å². The number of alkyl halides is 3. The number of nitrogens with zero attached hydrogens (tertiary/aromatic N) is 2. The minimum Gasteiger partial charge on any atom is -0.400 e. The first-order valence-electron chi connectivity index (χ1n) is 7.16. The fourth-order valence-electron chi connectivity index (χ4n) is 2.63. The molecule has 1 aromatic heterocycles. The van der Waals surface area contributed by atoms with Crippen molar-refractivity contribution in [2.24, 2.45) is 11.6 Å². The number of halogens is 3. The van der Waals surface area contributed by atoms with Gasteiger partial charge in [0.05, 0.1) is 15.7 Å². The van der Waals surface area contributed by atoms with Crippen LogP contribution in [-0.4, -0.2) is 21.7 Å². The number of rotatable bonds is 4. The molecule has 0 bridgehead atoms. The predicted octanol–water partition coefficient (Wildman–Crippen LogP) is 3.47. The van der Waals surface area contributed by atoms with Gasteiger partial charge in [-0.15, -0.1) is 11.3 Å². The van der Waals surface area contributed by atoms with Crippen LogP contribution in [0.5, 0.6) is 0 Å². The molecule has 1 aromatic carbocycles. The van der Waals surface area contributed by atoms with Crippen molar-refractivity contribution >= 4 is 21.6 Å². The van der Waals surface area contributed by atoms with Crippen molar-refractivity contribution < 1.29 is 13.2 Å². The van der Waals surface area contributed by atoms with Gasteiger partial charge in [0.2, 0.25) is 0 Å². The molecule has 1 unspecified atom stereocenters. The van der Waals surface area contributed by atoms with E-state index in [1.165, 1.54) is 17.5 Å². The summed E-state index contributed by atoms with van der Waals surface area (Å²) < 4.78 is 40.3. The van der Waals surface area contributed by atoms with Crippen molar-refractivity contribution in [1.82, 2.24) is 9.99 Å². The van der Waals surface area contributed by atoms with Crippen LogP contribution in [0.1, 0.15) is 31.2 Å². The summed E-state index contributed by atoms with van der Waals surface area (Å²) in [4.78, 5) is 4.24. The summed E-state index contributed by atoms with van der Waals surface area (Å²) in [5.41, 5.74) is 7.89. The minimum atomic E-state index is -4.36. The molecule has 1 heterocycles. The van der Waals surface area contributed by atoms with E-state index in [9.17, 15) is 13.2 Å². The first-order chi connectivity index (χ1) is 10.8. The zero-order chi connectivity index (χ0) is 16.8. The van der Waals surface area contributed by atoms with Crippen LogP contribution in [0.25, 0.3) is 10.2 Å². The third kappa shape index (κ3) is 2.66. The number of hydrazine groups is 1. The van der Waals surface area contributed by atoms with Crippen LogP contribution in [0.2, 0.25) is 0 Å². The lowest BCUT2D eigenvalue weighted by atomic mass is 9.98. The lowest BCUT2D eigenvalue weighted by molar-refractivity contribution is -0.189. The Morgan fingerprint density at radius 1 is 1.43 bits per heavy atom. The van der Waals surface area contributed by atoms with Crippen LogP contribution in [-0.2, 0) is 0 Å². The standard InChI is InChI=1S/C15H17F3N4S/c1-9(10-3-2-4-12-13(10)23-8-21-12)11(19)7-22(20)14(5-6-14)15(16,17)18/h2-4,7-9H,5-6,19-20H2,1H3/b11-7-. The molecular weight excluding hydrogens is 325 g/mol. The Labute approximate surface area is 135 Å². The molecule has 1 atom stereocenters. The molecule has 4 nitrogen and oxygen atoms in total. The number of nitrogens with two attached hydrogens (primary N) is 2. The van der Waals surface area contributed by atoms with Crippen molar-refractivity contribution in [3.05, 3.63) is 41.2 Å². The van der Waals surface area contributed by atoms with Gasteiger partial charge >= 0.3 is 6.18 Å². The Hall–Kier alpha value is -1.80. The second-order valence-corrected chi connectivity index (χ2v) is 6.69. The van der Waals surface area contributed by atoms with Gasteiger partial charge in [-0.2, -0.15) is 13.2 Å². The fourth-order valence-corrected chi connectivity index (χ4v) is 3.53. The monoisotopic (exact) mass is 342 g/mol. The zero-order valence-corrected chi connectivity index (χ0v) is 13.3. The van der Waals surface area contributed by atoms with Crippen LogP contribution in [0.4, 0.5) is 13.2 Å². The summed E-state index contributed by atoms with van der Waals surface area (Å²) in [5, 5.41) is 0.728. The number of fused-ring (bicyclic) bond motifs is 1. The molecule has 4 N–H and O–H groups in total. The van der Waals surface area contributed by atoms with E-state index in [4.69, 9.17) is 11.6 Å². The molecule has 1 saturated carbocycles. The molecule has 1 fully saturated rings. The van der Waals surface area contributed by atoms with Gasteiger partial charge in [-0.25, -0.2) is 10.8 Å². The van der Waals surface area contributed by atoms with Gasteiger partial charge in [-0.3, -0.25) is 0 Å². The van der Waals surface area contributed by atoms with Gasteiger partial charge in [-0.05, 0) is 24.5 Å². The smallest absolute Gasteiger partial charge is 0.400 e. The van der Waals surface area contributed by atoms with Gasteiger partial charge in [0, 0.05) is 17.8 Å². The lowest BCUT2D eigenvalue weighted by Crippen LogP contribution is -2.49. The third-order valence-corrected chi connectivity index (χ3v) is 5.28. The third-order valence-electron chi connectivity index (χ3n) is 4.39. The Morgan fingerprint density at radius 2 is 2.13 bits per heavy atom. The van der Waals surface area contributed by atoms with Crippen LogP contribution >= 0.6 is 11.3 Å². The average molecular weight is 342 g/mol. The average Bonchev–Trinajstić information content (AvgIpc) is 3.18. The molecule has 0 radical (unpaired) electrons. The summed E-state index contributed by atoms with van der Waals surface area (Å²) in [6.07, 6.45) is -3.16. The van der Waals surface area contributed by atoms with E-state index in [1.807, 2.05) is 25.1 Å². The van der Waals surface area contributed by atoms with E-state index in [2.05, 4.69) is 4.98 Å². The number of allylic oxidation sites excluding steroid dienone is 1. The largest absolute Gasteiger partial charge is 0.413 e. The number of thiazole rings is 1. The molecule has 1 aliphatic rings. The molecule has 124 valence electrons. The number of hydrogen-bond acceptors (Lipinski definition) is 5. The van der Waals surface area contributed by atoms with Crippen molar-refractivity contribution in [2.75, 3.05) is 0 Å². The van der Waals surface area contributed by atoms with Crippen molar-refractivity contribution in [2.45, 2.75) is 37.4 Å². The highest BCUT2D eigenvalue weighted by Gasteiger charge is 2.66. The quantitative estimate of drug-likeness (QED) is 0.659. The SMILES string of the molecule is CC(/C(N)=C/N(N)C1(C(F)(F)F)CC1)c1cccc2ncsc12. The molecular formula is C15H17F3N4S. The highest BCUT2D eigenvalue weighted by Crippen LogP contribution is 2.52. The Kier molecular flexibility index (Phi) is 3.76. The minimum absolute atomic E-state index is 0.00438. The normalized spacial score (nSPS) is 18.9. The Bertz CT molecular complexity index is 749. The molecule has 0 spiro atoms. The number of hydrogen-bond donors (Lipinski definition) is 2. The highest BCUT2D eigenvalue weighted by atomic mass is 32.1. The van der Waals surface area contributed by atoms with E-state index in [-0.39, 0.29) is 18.8 Å². The summed E-state index contributed by atoms with van der Waals surface area (Å²) in [7, 11) is 0. The van der Waals surface area contributed by atoms with Crippen molar-refractivity contribution in [1.29, 1.82) is 0 Å². The van der Waals surface area contributed by atoms with E-state index in [0.717, 1.165) is 20.8 Å². The van der Waals surface area contributed by atoms with E-state index in [0.29, 0.717) is 5.70 Å². The van der Waals surface area contributed by atoms with Gasteiger partial charge < -0.3 is 10.7 Å². The molecule has 2 aromatic rings. The summed E-state index contributed by atoms with van der Waals surface area (Å²) in [6, 6.07) is 5.66. The molecule has 0 amide bonds. The van der Waals surface area contributed by atoms with Gasteiger partial charge in [0.25, 0.3) is 0 Å². The number of benzene rings is 1. The Morgan fingerprint density at radius 3 is 2.74 bits per heavy atom. The maximum atomic E-state index is 13.1. The van der Waals surface area contributed by atoms with Crippen LogP contribution < -0.4 is 11.6 Å². The number of aromatic nitrogens is 1. The van der Waals surface area contributed by atoms with E-state index < -0.39 is 11.7 Å². The predicted molar refractivity (Wildman–Crippen MR) is 84.4 cm³/mol. The molecule has 3 rings (SSSR count). The summed E-state index contributed by atoms with van der Waals surface area (Å²) in [6.45, 7) is 1.85. The molecule has 0 aliphatic heterocycles. The van der Waals surface area contributed by atoms with Gasteiger partial charge in [0.1, 0.15) is 0 Å². The first-order valence-corrected chi connectivity index (χ1v) is 8.04. The highest BCUT2D eigenvalue weighted by molar-refractivity contribution is 7.17. The van der Waals surface area contributed by atoms with Gasteiger partial charge in [0.15, 0.2) is 5.54 Å². The maximum Gasteiger partial charge on any atom is 0.413 e. The van der Waals surface area contributed by atoms with Crippen LogP contribution in [0, 0.1) is 0 Å². The second kappa shape index (κ2) is 5.38. The molecule has 23 heavy (non-hydrogen) atoms. The van der Waals surface area contributed by atoms with Gasteiger partial charge in [-0.1, -0.05) is 19.1 Å². The molecule has 1 aliphatic carbocycles. The summed E-state index contributed by atoms with van der Waals surface area (Å²) >= 11 is 1.48. The topological polar surface area (TPSA) is 68.2 Å². The Balaban J connectivity index is 1.88. The zero-order valence-electron chi connectivity index (χ0n) is 12.5. The molecule has 0 saturated heterocycles. The second-order valence-electron chi connectivity index (χ2n) is 5.84. The summed E-state index contributed by atoms with van der Waals surface area (Å²) in [5.74, 6) is 5.40. The lowest BCUT2D eigenvalue weighted by Gasteiger charge is -2.29. The fraction of sp³-hybridized carbons (Fsp3) is 0.400. The van der Waals surface area contributed by atoms with Crippen molar-refractivity contribution in [3.63, 3.8) is 0 Å². The molecule has 8 heteroatoms. The van der Waals surface area contributed by atoms with E-state index >= 15 is 0 Å². The van der Waals surface area contributed by atoms with Crippen molar-refractivity contribution in [3.8, 4) is 0 Å². The van der Waals surface area contributed by atoms with Crippen LogP contribution in [0.3, 0.4) is 0 Å². The maximum absolute atomic E-state index is 13.1. The van der Waals surface area contributed by atoms with Crippen LogP contribution in [0.15, 0.2) is 35.6 Å².